The number of rotatable bonds is 8. The second-order valence-corrected chi connectivity index (χ2v) is 5.18. The average Bonchev–Trinajstić information content (AvgIpc) is 2.92. The van der Waals surface area contributed by atoms with Crippen LogP contribution in [-0.4, -0.2) is 37.7 Å². The molecular weight excluding hydrogens is 236 g/mol. The molecular formula is C16H26N2O. The Morgan fingerprint density at radius 1 is 1.21 bits per heavy atom. The van der Waals surface area contributed by atoms with Crippen LogP contribution in [0.5, 0.6) is 0 Å². The second-order valence-electron chi connectivity index (χ2n) is 5.18. The Kier molecular flexibility index (Phi) is 6.34. The van der Waals surface area contributed by atoms with E-state index in [1.54, 1.807) is 0 Å². The Balaban J connectivity index is 1.74. The number of ether oxygens (including phenoxy) is 1. The van der Waals surface area contributed by atoms with Crippen molar-refractivity contribution >= 4 is 0 Å². The van der Waals surface area contributed by atoms with Crippen LogP contribution in [0.15, 0.2) is 24.3 Å². The lowest BCUT2D eigenvalue weighted by Crippen LogP contribution is -2.20. The van der Waals surface area contributed by atoms with E-state index in [1.165, 1.54) is 37.1 Å². The Hall–Kier alpha value is -0.900. The number of nitrogens with zero attached hydrogens (tertiary/aromatic N) is 1. The van der Waals surface area contributed by atoms with Crippen LogP contribution in [0, 0.1) is 0 Å². The summed E-state index contributed by atoms with van der Waals surface area (Å²) in [6.07, 6.45) is 2.72. The Morgan fingerprint density at radius 2 is 2.00 bits per heavy atom. The molecule has 0 saturated carbocycles. The monoisotopic (exact) mass is 262 g/mol. The summed E-state index contributed by atoms with van der Waals surface area (Å²) in [5.41, 5.74) is 2.80. The van der Waals surface area contributed by atoms with Gasteiger partial charge in [0.2, 0.25) is 0 Å². The number of hydrogen-bond donors (Lipinski definition) is 1. The molecule has 1 aliphatic rings. The van der Waals surface area contributed by atoms with Crippen molar-refractivity contribution in [2.24, 2.45) is 0 Å². The maximum absolute atomic E-state index is 5.31. The molecule has 1 aromatic carbocycles. The topological polar surface area (TPSA) is 24.5 Å². The summed E-state index contributed by atoms with van der Waals surface area (Å²) in [5, 5.41) is 3.42. The van der Waals surface area contributed by atoms with E-state index in [0.717, 1.165) is 32.8 Å². The van der Waals surface area contributed by atoms with Gasteiger partial charge < -0.3 is 10.1 Å². The van der Waals surface area contributed by atoms with Gasteiger partial charge in [-0.25, -0.2) is 0 Å². The largest absolute Gasteiger partial charge is 0.380 e. The van der Waals surface area contributed by atoms with Crippen LogP contribution < -0.4 is 5.32 Å². The van der Waals surface area contributed by atoms with E-state index in [1.807, 2.05) is 6.92 Å². The molecule has 0 atom stereocenters. The van der Waals surface area contributed by atoms with E-state index in [2.05, 4.69) is 34.5 Å². The highest BCUT2D eigenvalue weighted by Crippen LogP contribution is 2.13. The summed E-state index contributed by atoms with van der Waals surface area (Å²) in [5.74, 6) is 0. The van der Waals surface area contributed by atoms with Crippen LogP contribution in [0.1, 0.15) is 30.9 Å². The lowest BCUT2D eigenvalue weighted by Gasteiger charge is -2.15. The molecule has 0 spiro atoms. The summed E-state index contributed by atoms with van der Waals surface area (Å²) in [7, 11) is 0. The molecule has 19 heavy (non-hydrogen) atoms. The van der Waals surface area contributed by atoms with Gasteiger partial charge >= 0.3 is 0 Å². The van der Waals surface area contributed by atoms with Crippen molar-refractivity contribution in [2.75, 3.05) is 32.8 Å². The zero-order valence-corrected chi connectivity index (χ0v) is 12.0. The van der Waals surface area contributed by atoms with E-state index in [0.29, 0.717) is 0 Å². The van der Waals surface area contributed by atoms with Gasteiger partial charge in [0.25, 0.3) is 0 Å². The van der Waals surface area contributed by atoms with Crippen molar-refractivity contribution in [2.45, 2.75) is 32.9 Å². The van der Waals surface area contributed by atoms with Gasteiger partial charge in [-0.3, -0.25) is 4.90 Å². The van der Waals surface area contributed by atoms with Crippen molar-refractivity contribution < 1.29 is 4.74 Å². The minimum absolute atomic E-state index is 0.796. The summed E-state index contributed by atoms with van der Waals surface area (Å²) in [6, 6.07) is 8.93. The fourth-order valence-electron chi connectivity index (χ4n) is 2.56. The number of nitrogens with one attached hydrogen (secondary N) is 1. The van der Waals surface area contributed by atoms with Gasteiger partial charge in [-0.1, -0.05) is 24.3 Å². The predicted octanol–water partition coefficient (Wildman–Crippen LogP) is 2.41. The fourth-order valence-corrected chi connectivity index (χ4v) is 2.56. The molecule has 106 valence electrons. The van der Waals surface area contributed by atoms with Crippen LogP contribution in [-0.2, 0) is 17.8 Å². The minimum atomic E-state index is 0.796. The van der Waals surface area contributed by atoms with Gasteiger partial charge in [-0.05, 0) is 44.0 Å². The average molecular weight is 262 g/mol. The molecule has 2 rings (SSSR count). The second kappa shape index (κ2) is 8.31. The highest BCUT2D eigenvalue weighted by atomic mass is 16.5. The number of hydrogen-bond acceptors (Lipinski definition) is 3. The maximum Gasteiger partial charge on any atom is 0.0590 e. The lowest BCUT2D eigenvalue weighted by molar-refractivity contribution is 0.149. The number of benzene rings is 1. The highest BCUT2D eigenvalue weighted by molar-refractivity contribution is 5.23. The molecule has 1 heterocycles. The third-order valence-corrected chi connectivity index (χ3v) is 3.55. The first kappa shape index (κ1) is 14.5. The first-order valence-corrected chi connectivity index (χ1v) is 7.47. The van der Waals surface area contributed by atoms with Crippen LogP contribution in [0.4, 0.5) is 0 Å². The molecule has 3 heteroatoms. The Bertz CT molecular complexity index is 362. The molecule has 1 aromatic rings. The van der Waals surface area contributed by atoms with Crippen molar-refractivity contribution in [3.8, 4) is 0 Å². The fraction of sp³-hybridized carbons (Fsp3) is 0.625. The van der Waals surface area contributed by atoms with Crippen LogP contribution >= 0.6 is 0 Å². The smallest absolute Gasteiger partial charge is 0.0590 e. The van der Waals surface area contributed by atoms with E-state index in [4.69, 9.17) is 4.74 Å². The minimum Gasteiger partial charge on any atom is -0.380 e. The molecule has 0 amide bonds. The number of likely N-dealkylation sites (tertiary alicyclic amines) is 1. The third kappa shape index (κ3) is 5.31. The lowest BCUT2D eigenvalue weighted by atomic mass is 10.1. The van der Waals surface area contributed by atoms with Crippen LogP contribution in [0.2, 0.25) is 0 Å². The maximum atomic E-state index is 5.31. The van der Waals surface area contributed by atoms with E-state index < -0.39 is 0 Å². The summed E-state index contributed by atoms with van der Waals surface area (Å²) >= 11 is 0. The Labute approximate surface area is 116 Å². The van der Waals surface area contributed by atoms with Gasteiger partial charge in [-0.2, -0.15) is 0 Å². The van der Waals surface area contributed by atoms with Gasteiger partial charge in [0.1, 0.15) is 0 Å². The molecule has 1 saturated heterocycles. The zero-order valence-electron chi connectivity index (χ0n) is 12.0. The van der Waals surface area contributed by atoms with E-state index in [-0.39, 0.29) is 0 Å². The molecule has 0 aromatic heterocycles. The standard InChI is InChI=1S/C16H26N2O/c1-2-19-11-8-17-13-15-6-5-7-16(12-15)14-18-9-3-4-10-18/h5-7,12,17H,2-4,8-11,13-14H2,1H3. The Morgan fingerprint density at radius 3 is 2.79 bits per heavy atom. The van der Waals surface area contributed by atoms with Crippen molar-refractivity contribution in [1.82, 2.24) is 10.2 Å². The quantitative estimate of drug-likeness (QED) is 0.728. The SMILES string of the molecule is CCOCCNCc1cccc(CN2CCCC2)c1. The molecule has 1 N–H and O–H groups in total. The summed E-state index contributed by atoms with van der Waals surface area (Å²) < 4.78 is 5.31. The van der Waals surface area contributed by atoms with E-state index >= 15 is 0 Å². The summed E-state index contributed by atoms with van der Waals surface area (Å²) in [6.45, 7) is 9.10. The zero-order chi connectivity index (χ0) is 13.3. The van der Waals surface area contributed by atoms with Crippen LogP contribution in [0.25, 0.3) is 0 Å². The summed E-state index contributed by atoms with van der Waals surface area (Å²) in [4.78, 5) is 2.54. The highest BCUT2D eigenvalue weighted by Gasteiger charge is 2.11. The van der Waals surface area contributed by atoms with Crippen molar-refractivity contribution in [3.63, 3.8) is 0 Å². The first-order chi connectivity index (χ1) is 9.38. The predicted molar refractivity (Wildman–Crippen MR) is 79.2 cm³/mol. The first-order valence-electron chi connectivity index (χ1n) is 7.47. The third-order valence-electron chi connectivity index (χ3n) is 3.55. The van der Waals surface area contributed by atoms with Gasteiger partial charge in [-0.15, -0.1) is 0 Å². The normalized spacial score (nSPS) is 16.1. The molecule has 1 fully saturated rings. The van der Waals surface area contributed by atoms with Crippen molar-refractivity contribution in [1.29, 1.82) is 0 Å². The molecule has 1 aliphatic heterocycles. The molecule has 3 nitrogen and oxygen atoms in total. The van der Waals surface area contributed by atoms with Crippen LogP contribution in [0.3, 0.4) is 0 Å². The molecule has 0 radical (unpaired) electrons. The van der Waals surface area contributed by atoms with Crippen molar-refractivity contribution in [3.05, 3.63) is 35.4 Å². The van der Waals surface area contributed by atoms with Gasteiger partial charge in [0, 0.05) is 26.2 Å². The van der Waals surface area contributed by atoms with Gasteiger partial charge in [0.15, 0.2) is 0 Å². The molecule has 0 unspecified atom stereocenters. The molecule has 0 bridgehead atoms. The molecule has 0 aliphatic carbocycles. The van der Waals surface area contributed by atoms with E-state index in [9.17, 15) is 0 Å². The van der Waals surface area contributed by atoms with Gasteiger partial charge in [0.05, 0.1) is 6.61 Å².